The smallest absolute Gasteiger partial charge is 0.328 e. The van der Waals surface area contributed by atoms with Crippen LogP contribution in [0.25, 0.3) is 0 Å². The zero-order valence-electron chi connectivity index (χ0n) is 16.5. The molecule has 0 saturated heterocycles. The number of rotatable bonds is 8. The van der Waals surface area contributed by atoms with Crippen molar-refractivity contribution in [3.05, 3.63) is 23.8 Å². The molecule has 0 aromatic heterocycles. The Morgan fingerprint density at radius 2 is 1.84 bits per heavy atom. The van der Waals surface area contributed by atoms with Crippen molar-refractivity contribution in [3.63, 3.8) is 0 Å². The van der Waals surface area contributed by atoms with Crippen LogP contribution >= 0.6 is 0 Å². The molecule has 1 saturated carbocycles. The van der Waals surface area contributed by atoms with Gasteiger partial charge >= 0.3 is 5.97 Å². The number of carbonyl (C=O) groups excluding carboxylic acids is 2. The van der Waals surface area contributed by atoms with E-state index in [0.717, 1.165) is 43.6 Å². The van der Waals surface area contributed by atoms with Gasteiger partial charge in [-0.2, -0.15) is 0 Å². The Labute approximate surface area is 153 Å². The zero-order chi connectivity index (χ0) is 18.8. The Hall–Kier alpha value is -1.58. The van der Waals surface area contributed by atoms with Gasteiger partial charge in [-0.3, -0.25) is 4.79 Å². The Morgan fingerprint density at radius 1 is 1.20 bits per heavy atom. The molecule has 0 aromatic carbocycles. The Balaban J connectivity index is 2.69. The number of hydrogen-bond donors (Lipinski definition) is 1. The highest BCUT2D eigenvalue weighted by molar-refractivity contribution is 5.86. The number of carbonyl (C=O) groups is 2. The van der Waals surface area contributed by atoms with Crippen LogP contribution in [0.3, 0.4) is 0 Å². The molecule has 1 aliphatic carbocycles. The molecule has 1 N–H and O–H groups in total. The first-order valence-electron chi connectivity index (χ1n) is 9.61. The van der Waals surface area contributed by atoms with Gasteiger partial charge in [-0.15, -0.1) is 0 Å². The summed E-state index contributed by atoms with van der Waals surface area (Å²) in [6.07, 6.45) is 11.3. The third-order valence-corrected chi connectivity index (χ3v) is 5.33. The lowest BCUT2D eigenvalue weighted by molar-refractivity contribution is -0.145. The van der Waals surface area contributed by atoms with Crippen molar-refractivity contribution in [1.29, 1.82) is 0 Å². The van der Waals surface area contributed by atoms with E-state index in [1.807, 2.05) is 25.2 Å². The van der Waals surface area contributed by atoms with E-state index >= 15 is 0 Å². The second-order valence-electron chi connectivity index (χ2n) is 7.35. The van der Waals surface area contributed by atoms with Gasteiger partial charge in [0.1, 0.15) is 6.04 Å². The predicted octanol–water partition coefficient (Wildman–Crippen LogP) is 4.41. The summed E-state index contributed by atoms with van der Waals surface area (Å²) in [5.74, 6) is 1.04. The van der Waals surface area contributed by atoms with Crippen molar-refractivity contribution in [2.24, 2.45) is 17.8 Å². The fourth-order valence-electron chi connectivity index (χ4n) is 3.50. The van der Waals surface area contributed by atoms with Gasteiger partial charge in [0.2, 0.25) is 5.91 Å². The molecule has 0 spiro atoms. The summed E-state index contributed by atoms with van der Waals surface area (Å²) in [5.41, 5.74) is 1.12. The van der Waals surface area contributed by atoms with E-state index in [-0.39, 0.29) is 17.8 Å². The largest absolute Gasteiger partial charge is 0.467 e. The summed E-state index contributed by atoms with van der Waals surface area (Å²) in [6, 6.07) is -0.600. The van der Waals surface area contributed by atoms with Crippen LogP contribution in [0, 0.1) is 17.8 Å². The van der Waals surface area contributed by atoms with Gasteiger partial charge in [-0.05, 0) is 57.3 Å². The van der Waals surface area contributed by atoms with Crippen LogP contribution in [-0.2, 0) is 14.3 Å². The highest BCUT2D eigenvalue weighted by Gasteiger charge is 2.30. The van der Waals surface area contributed by atoms with Gasteiger partial charge in [0, 0.05) is 5.92 Å². The molecule has 0 heterocycles. The van der Waals surface area contributed by atoms with Crippen LogP contribution in [0.15, 0.2) is 23.8 Å². The molecule has 0 aliphatic heterocycles. The van der Waals surface area contributed by atoms with Crippen LogP contribution in [0.5, 0.6) is 0 Å². The lowest BCUT2D eigenvalue weighted by Crippen LogP contribution is -2.45. The van der Waals surface area contributed by atoms with E-state index in [9.17, 15) is 9.59 Å². The molecular formula is C21H35NO3. The van der Waals surface area contributed by atoms with E-state index in [1.54, 1.807) is 0 Å². The maximum atomic E-state index is 12.6. The molecular weight excluding hydrogens is 314 g/mol. The molecule has 142 valence electrons. The van der Waals surface area contributed by atoms with Crippen LogP contribution in [-0.4, -0.2) is 25.0 Å². The van der Waals surface area contributed by atoms with Crippen molar-refractivity contribution in [1.82, 2.24) is 5.32 Å². The zero-order valence-corrected chi connectivity index (χ0v) is 16.5. The fraction of sp³-hybridized carbons (Fsp3) is 0.714. The van der Waals surface area contributed by atoms with Crippen LogP contribution in [0.2, 0.25) is 0 Å². The number of esters is 1. The van der Waals surface area contributed by atoms with Gasteiger partial charge in [0.05, 0.1) is 7.11 Å². The molecule has 1 rings (SSSR count). The standard InChI is InChI=1S/C21H35NO3/c1-6-8-9-16(7-2)14-19(21(24)25-5)22-20(23)18-12-10-17(11-13-18)15(3)4/h6,8-9,15,17-19H,7,10-14H2,1-5H3,(H,22,23)/b8-6-,16-9+. The minimum atomic E-state index is -0.600. The minimum Gasteiger partial charge on any atom is -0.467 e. The van der Waals surface area contributed by atoms with E-state index in [0.29, 0.717) is 12.3 Å². The summed E-state index contributed by atoms with van der Waals surface area (Å²) >= 11 is 0. The van der Waals surface area contributed by atoms with Crippen molar-refractivity contribution in [2.45, 2.75) is 72.3 Å². The second-order valence-corrected chi connectivity index (χ2v) is 7.35. The molecule has 0 radical (unpaired) electrons. The summed E-state index contributed by atoms with van der Waals surface area (Å²) in [4.78, 5) is 24.8. The van der Waals surface area contributed by atoms with Crippen LogP contribution < -0.4 is 5.32 Å². The first kappa shape index (κ1) is 21.5. The molecule has 1 amide bonds. The van der Waals surface area contributed by atoms with Gasteiger partial charge < -0.3 is 10.1 Å². The number of ether oxygens (including phenoxy) is 1. The number of nitrogens with one attached hydrogen (secondary N) is 1. The first-order chi connectivity index (χ1) is 11.9. The van der Waals surface area contributed by atoms with Crippen molar-refractivity contribution in [3.8, 4) is 0 Å². The molecule has 25 heavy (non-hydrogen) atoms. The summed E-state index contributed by atoms with van der Waals surface area (Å²) < 4.78 is 4.90. The predicted molar refractivity (Wildman–Crippen MR) is 102 cm³/mol. The molecule has 1 aliphatic rings. The number of allylic oxidation sites excluding steroid dienone is 3. The average molecular weight is 350 g/mol. The third-order valence-electron chi connectivity index (χ3n) is 5.33. The average Bonchev–Trinajstić information content (AvgIpc) is 2.63. The molecule has 4 nitrogen and oxygen atoms in total. The highest BCUT2D eigenvalue weighted by Crippen LogP contribution is 2.33. The van der Waals surface area contributed by atoms with E-state index in [1.165, 1.54) is 7.11 Å². The summed E-state index contributed by atoms with van der Waals surface area (Å²) in [7, 11) is 1.37. The van der Waals surface area contributed by atoms with Gasteiger partial charge in [-0.25, -0.2) is 4.79 Å². The van der Waals surface area contributed by atoms with Gasteiger partial charge in [0.25, 0.3) is 0 Å². The van der Waals surface area contributed by atoms with Crippen molar-refractivity contribution < 1.29 is 14.3 Å². The molecule has 1 unspecified atom stereocenters. The maximum Gasteiger partial charge on any atom is 0.328 e. The number of methoxy groups -OCH3 is 1. The Bertz CT molecular complexity index is 485. The Morgan fingerprint density at radius 3 is 2.32 bits per heavy atom. The maximum absolute atomic E-state index is 12.6. The first-order valence-corrected chi connectivity index (χ1v) is 9.61. The molecule has 1 atom stereocenters. The molecule has 1 fully saturated rings. The SMILES string of the molecule is C/C=C\C=C(/CC)CC(NC(=O)C1CCC(C(C)C)CC1)C(=O)OC. The number of amides is 1. The molecule has 4 heteroatoms. The third kappa shape index (κ3) is 7.05. The monoisotopic (exact) mass is 349 g/mol. The Kier molecular flexibility index (Phi) is 9.54. The van der Waals surface area contributed by atoms with Gasteiger partial charge in [-0.1, -0.05) is 44.6 Å². The van der Waals surface area contributed by atoms with E-state index in [2.05, 4.69) is 26.1 Å². The van der Waals surface area contributed by atoms with E-state index in [4.69, 9.17) is 4.74 Å². The summed E-state index contributed by atoms with van der Waals surface area (Å²) in [5, 5.41) is 2.94. The topological polar surface area (TPSA) is 55.4 Å². The van der Waals surface area contributed by atoms with Gasteiger partial charge in [0.15, 0.2) is 0 Å². The minimum absolute atomic E-state index is 0.000840. The van der Waals surface area contributed by atoms with E-state index < -0.39 is 6.04 Å². The highest BCUT2D eigenvalue weighted by atomic mass is 16.5. The molecule has 0 aromatic rings. The van der Waals surface area contributed by atoms with Crippen molar-refractivity contribution in [2.75, 3.05) is 7.11 Å². The number of hydrogen-bond acceptors (Lipinski definition) is 3. The summed E-state index contributed by atoms with van der Waals surface area (Å²) in [6.45, 7) is 8.51. The van der Waals surface area contributed by atoms with Crippen molar-refractivity contribution >= 4 is 11.9 Å². The van der Waals surface area contributed by atoms with Crippen LogP contribution in [0.1, 0.15) is 66.2 Å². The fourth-order valence-corrected chi connectivity index (χ4v) is 3.50. The quantitative estimate of drug-likeness (QED) is 0.522. The lowest BCUT2D eigenvalue weighted by Gasteiger charge is -2.31. The second kappa shape index (κ2) is 11.1. The normalized spacial score (nSPS) is 22.9. The van der Waals surface area contributed by atoms with Crippen LogP contribution in [0.4, 0.5) is 0 Å². The lowest BCUT2D eigenvalue weighted by atomic mass is 9.76. The molecule has 0 bridgehead atoms.